The number of para-hydroxylation sites is 1. The van der Waals surface area contributed by atoms with Crippen LogP contribution in [0.4, 0.5) is 5.69 Å². The molecule has 164 valence electrons. The lowest BCUT2D eigenvalue weighted by atomic mass is 9.98. The van der Waals surface area contributed by atoms with Crippen molar-refractivity contribution in [3.8, 4) is 22.5 Å². The normalized spacial score (nSPS) is 12.1. The molecule has 0 aliphatic heterocycles. The van der Waals surface area contributed by atoms with Gasteiger partial charge in [0.05, 0.1) is 11.4 Å². The quantitative estimate of drug-likeness (QED) is 0.318. The molecule has 3 aromatic heterocycles. The number of fused-ring (bicyclic) bond motifs is 1. The number of hydrogen-bond acceptors (Lipinski definition) is 6. The summed E-state index contributed by atoms with van der Waals surface area (Å²) in [7, 11) is 0. The molecule has 0 saturated heterocycles. The van der Waals surface area contributed by atoms with Crippen LogP contribution in [-0.2, 0) is 0 Å². The Morgan fingerprint density at radius 1 is 1.03 bits per heavy atom. The number of aryl methyl sites for hydroxylation is 1. The lowest BCUT2D eigenvalue weighted by Gasteiger charge is -2.20. The third-order valence-corrected chi connectivity index (χ3v) is 6.41. The van der Waals surface area contributed by atoms with Gasteiger partial charge in [0.1, 0.15) is 11.3 Å². The van der Waals surface area contributed by atoms with Crippen molar-refractivity contribution in [2.24, 2.45) is 0 Å². The van der Waals surface area contributed by atoms with Crippen LogP contribution in [0.5, 0.6) is 0 Å². The molecule has 0 radical (unpaired) electrons. The molecular weight excluding hydrogens is 430 g/mol. The minimum atomic E-state index is -0.104. The van der Waals surface area contributed by atoms with Crippen LogP contribution in [0.1, 0.15) is 29.7 Å². The van der Waals surface area contributed by atoms with Gasteiger partial charge < -0.3 is 9.73 Å². The minimum Gasteiger partial charge on any atom is -0.455 e. The van der Waals surface area contributed by atoms with Crippen LogP contribution in [0.25, 0.3) is 33.4 Å². The Labute approximate surface area is 195 Å². The first kappa shape index (κ1) is 21.1. The van der Waals surface area contributed by atoms with Crippen molar-refractivity contribution in [3.63, 3.8) is 0 Å². The van der Waals surface area contributed by atoms with Gasteiger partial charge in [-0.15, -0.1) is 0 Å². The van der Waals surface area contributed by atoms with Crippen LogP contribution in [0, 0.1) is 13.8 Å². The second-order valence-electron chi connectivity index (χ2n) is 8.18. The molecular formula is C27H23N3O2S. The van der Waals surface area contributed by atoms with Crippen molar-refractivity contribution in [1.82, 2.24) is 9.36 Å². The van der Waals surface area contributed by atoms with E-state index in [-0.39, 0.29) is 11.5 Å². The van der Waals surface area contributed by atoms with Crippen molar-refractivity contribution in [2.45, 2.75) is 26.8 Å². The number of benzene rings is 2. The number of nitrogens with one attached hydrogen (secondary N) is 1. The Balaban J connectivity index is 1.64. The van der Waals surface area contributed by atoms with Gasteiger partial charge in [0, 0.05) is 57.5 Å². The smallest absolute Gasteiger partial charge is 0.196 e. The Hall–Kier alpha value is -3.77. The van der Waals surface area contributed by atoms with E-state index in [0.717, 1.165) is 33.5 Å². The molecule has 0 fully saturated rings. The molecule has 0 amide bonds. The topological polar surface area (TPSA) is 68.0 Å². The second-order valence-corrected chi connectivity index (χ2v) is 8.84. The molecule has 6 heteroatoms. The average molecular weight is 454 g/mol. The molecule has 0 bridgehead atoms. The summed E-state index contributed by atoms with van der Waals surface area (Å²) >= 11 is 1.43. The fourth-order valence-corrected chi connectivity index (χ4v) is 4.71. The first-order valence-corrected chi connectivity index (χ1v) is 11.6. The van der Waals surface area contributed by atoms with E-state index in [9.17, 15) is 4.79 Å². The van der Waals surface area contributed by atoms with Crippen molar-refractivity contribution >= 4 is 28.2 Å². The predicted molar refractivity (Wildman–Crippen MR) is 135 cm³/mol. The fourth-order valence-electron chi connectivity index (χ4n) is 4.17. The second kappa shape index (κ2) is 8.64. The summed E-state index contributed by atoms with van der Waals surface area (Å²) in [6.07, 6.45) is 5.30. The molecule has 5 aromatic rings. The lowest BCUT2D eigenvalue weighted by molar-refractivity contribution is 0.605. The number of rotatable bonds is 5. The molecule has 2 aromatic carbocycles. The summed E-state index contributed by atoms with van der Waals surface area (Å²) in [6.45, 7) is 5.90. The lowest BCUT2D eigenvalue weighted by Crippen LogP contribution is -2.12. The zero-order chi connectivity index (χ0) is 22.9. The highest BCUT2D eigenvalue weighted by Crippen LogP contribution is 2.34. The predicted octanol–water partition coefficient (Wildman–Crippen LogP) is 6.77. The summed E-state index contributed by atoms with van der Waals surface area (Å²) < 4.78 is 10.7. The maximum Gasteiger partial charge on any atom is 0.196 e. The Morgan fingerprint density at radius 2 is 1.88 bits per heavy atom. The number of pyridine rings is 1. The number of hydrogen-bond donors (Lipinski definition) is 1. The Kier molecular flexibility index (Phi) is 5.52. The molecule has 0 aliphatic rings. The monoisotopic (exact) mass is 453 g/mol. The molecule has 0 spiro atoms. The van der Waals surface area contributed by atoms with Crippen LogP contribution in [0.3, 0.4) is 0 Å². The minimum absolute atomic E-state index is 0.0167. The van der Waals surface area contributed by atoms with Crippen LogP contribution < -0.4 is 10.7 Å². The molecule has 5 rings (SSSR count). The van der Waals surface area contributed by atoms with E-state index < -0.39 is 0 Å². The molecule has 5 nitrogen and oxygen atoms in total. The van der Waals surface area contributed by atoms with Crippen molar-refractivity contribution in [2.75, 3.05) is 5.32 Å². The largest absolute Gasteiger partial charge is 0.455 e. The Bertz CT molecular complexity index is 1490. The molecule has 0 saturated carbocycles. The third-order valence-electron chi connectivity index (χ3n) is 5.82. The molecule has 1 atom stereocenters. The van der Waals surface area contributed by atoms with Crippen LogP contribution in [0.15, 0.2) is 81.7 Å². The van der Waals surface area contributed by atoms with E-state index in [1.54, 1.807) is 12.4 Å². The van der Waals surface area contributed by atoms with Gasteiger partial charge in [-0.25, -0.2) is 4.37 Å². The van der Waals surface area contributed by atoms with Gasteiger partial charge in [-0.1, -0.05) is 24.3 Å². The summed E-state index contributed by atoms with van der Waals surface area (Å²) in [5, 5.41) is 6.26. The number of nitrogens with zero attached hydrogens (tertiary/aromatic N) is 2. The first-order valence-electron chi connectivity index (χ1n) is 10.8. The fraction of sp³-hybridized carbons (Fsp3) is 0.148. The van der Waals surface area contributed by atoms with Gasteiger partial charge in [-0.2, -0.15) is 0 Å². The summed E-state index contributed by atoms with van der Waals surface area (Å²) in [6, 6.07) is 15.8. The third kappa shape index (κ3) is 3.94. The van der Waals surface area contributed by atoms with E-state index in [1.807, 2.05) is 55.8 Å². The maximum atomic E-state index is 13.3. The first-order chi connectivity index (χ1) is 16.0. The van der Waals surface area contributed by atoms with Gasteiger partial charge in [-0.3, -0.25) is 9.78 Å². The van der Waals surface area contributed by atoms with Gasteiger partial charge in [0.2, 0.25) is 0 Å². The maximum absolute atomic E-state index is 13.3. The van der Waals surface area contributed by atoms with Gasteiger partial charge >= 0.3 is 0 Å². The van der Waals surface area contributed by atoms with Crippen molar-refractivity contribution in [3.05, 3.63) is 99.4 Å². The SMILES string of the molecule is Cc1cc(C(C)Nc2ccccc2-c2cnsc2)c2oc(-c3cccnc3)c(C)c(=O)c2c1. The van der Waals surface area contributed by atoms with Gasteiger partial charge in [0.15, 0.2) is 5.43 Å². The standard InChI is InChI=1S/C27H23N3O2S/c1-16-11-22(18(3)30-24-9-5-4-8-21(24)20-14-29-33-15-20)27-23(12-16)25(31)17(2)26(32-27)19-7-6-10-28-13-19/h4-15,18,30H,1-3H3. The van der Waals surface area contributed by atoms with Crippen molar-refractivity contribution < 1.29 is 4.42 Å². The van der Waals surface area contributed by atoms with Gasteiger partial charge in [-0.05, 0) is 62.1 Å². The molecule has 1 unspecified atom stereocenters. The van der Waals surface area contributed by atoms with Gasteiger partial charge in [0.25, 0.3) is 0 Å². The highest BCUT2D eigenvalue weighted by Gasteiger charge is 2.19. The number of anilines is 1. The Morgan fingerprint density at radius 3 is 2.64 bits per heavy atom. The average Bonchev–Trinajstić information content (AvgIpc) is 3.37. The molecule has 1 N–H and O–H groups in total. The molecule has 33 heavy (non-hydrogen) atoms. The van der Waals surface area contributed by atoms with E-state index in [2.05, 4.69) is 39.8 Å². The zero-order valence-corrected chi connectivity index (χ0v) is 19.4. The highest BCUT2D eigenvalue weighted by molar-refractivity contribution is 7.03. The van der Waals surface area contributed by atoms with E-state index in [4.69, 9.17) is 4.42 Å². The zero-order valence-electron chi connectivity index (χ0n) is 18.6. The van der Waals surface area contributed by atoms with Crippen LogP contribution in [0.2, 0.25) is 0 Å². The van der Waals surface area contributed by atoms with Crippen molar-refractivity contribution in [1.29, 1.82) is 0 Å². The molecule has 3 heterocycles. The van der Waals surface area contributed by atoms with E-state index in [0.29, 0.717) is 22.3 Å². The number of aromatic nitrogens is 2. The van der Waals surface area contributed by atoms with Crippen LogP contribution in [-0.4, -0.2) is 9.36 Å². The summed E-state index contributed by atoms with van der Waals surface area (Å²) in [4.78, 5) is 17.5. The van der Waals surface area contributed by atoms with E-state index in [1.165, 1.54) is 11.5 Å². The summed E-state index contributed by atoms with van der Waals surface area (Å²) in [5.41, 5.74) is 7.07. The molecule has 0 aliphatic carbocycles. The summed E-state index contributed by atoms with van der Waals surface area (Å²) in [5.74, 6) is 0.558. The van der Waals surface area contributed by atoms with Crippen LogP contribution >= 0.6 is 11.5 Å². The highest BCUT2D eigenvalue weighted by atomic mass is 32.1. The van der Waals surface area contributed by atoms with E-state index >= 15 is 0 Å².